The number of nitrogens with one attached hydrogen (secondary N) is 4. The van der Waals surface area contributed by atoms with E-state index in [1.165, 1.54) is 97.3 Å². The number of aliphatic hydroxyl groups is 2. The molecule has 4 aromatic carbocycles. The molecule has 10 amide bonds. The van der Waals surface area contributed by atoms with Crippen molar-refractivity contribution in [1.29, 1.82) is 0 Å². The zero-order valence-corrected chi connectivity index (χ0v) is 81.4. The smallest absolute Gasteiger partial charge is 0.407 e. The number of amides is 10. The van der Waals surface area contributed by atoms with Crippen LogP contribution in [0.3, 0.4) is 0 Å². The molecule has 0 spiro atoms. The number of alkyl carbamates (subject to hydrolysis) is 4. The number of carbonyl (C=O) groups excluding carboxylic acids is 13. The molecule has 4 fully saturated rings. The lowest BCUT2D eigenvalue weighted by Gasteiger charge is -2.28. The lowest BCUT2D eigenvalue weighted by Crippen LogP contribution is -2.49. The van der Waals surface area contributed by atoms with E-state index in [-0.39, 0.29) is 136 Å². The molecule has 11 heterocycles. The Labute approximate surface area is 852 Å². The van der Waals surface area contributed by atoms with Crippen LogP contribution in [0, 0.1) is 41.4 Å². The van der Waals surface area contributed by atoms with Crippen molar-refractivity contribution in [3.8, 4) is 23.0 Å². The normalized spacial score (nSPS) is 19.7. The summed E-state index contributed by atoms with van der Waals surface area (Å²) >= 11 is 0. The van der Waals surface area contributed by atoms with Crippen molar-refractivity contribution in [3.05, 3.63) is 329 Å². The quantitative estimate of drug-likeness (QED) is 0.00162. The van der Waals surface area contributed by atoms with Gasteiger partial charge >= 0.3 is 36.3 Å². The van der Waals surface area contributed by atoms with Gasteiger partial charge in [-0.15, -0.1) is 43.7 Å². The number of imide groups is 3. The molecule has 4 bridgehead atoms. The third kappa shape index (κ3) is 35.8. The van der Waals surface area contributed by atoms with E-state index in [0.717, 1.165) is 71.8 Å². The largest absolute Gasteiger partial charge is 0.508 e. The van der Waals surface area contributed by atoms with Crippen molar-refractivity contribution >= 4 is 125 Å². The highest BCUT2D eigenvalue weighted by Crippen LogP contribution is 2.54. The maximum atomic E-state index is 13.5. The van der Waals surface area contributed by atoms with Gasteiger partial charge in [-0.3, -0.25) is 28.8 Å². The Balaban J connectivity index is 0.000000248. The Morgan fingerprint density at radius 3 is 1.10 bits per heavy atom. The van der Waals surface area contributed by atoms with Gasteiger partial charge in [-0.05, 0) is 209 Å². The highest BCUT2D eigenvalue weighted by molar-refractivity contribution is 14.0. The number of furan rings is 3. The topological polar surface area (TPSA) is 544 Å². The van der Waals surface area contributed by atoms with E-state index >= 15 is 0 Å². The molecule has 11 unspecified atom stereocenters. The SMILES string of the molecule is C=CC(C/C=C\CO)CC/C=C/CO.C=CC(C/C=C\COC(=O)NCC12C=CC(O1)C1C(=O)N(c3ccc(O)cc3)C(=O)C12)CC/C=C/COC(=O)NCC12C=CC(O1)C1C(=O)N(c3ccc(O)cc3)C(=O)C12.C=CC(C/C=C\COC(=O)NCc1ccco1)CC/C=C/COC(=O)NCc1ccco1.I.Nc1ccc(O)cc1.O=C1C=CC(=O)N1c1ccc(O)cc1.O=C1C=CC(=O)O1.O=C=NCc1ccco1. The fraction of sp³-hybridized carbons (Fsp3) is 0.292. The maximum absolute atomic E-state index is 13.5. The molecule has 8 aliphatic rings. The van der Waals surface area contributed by atoms with Crippen LogP contribution in [-0.2, 0) is 95.9 Å². The zero-order valence-electron chi connectivity index (χ0n) is 79.0. The lowest BCUT2D eigenvalue weighted by atomic mass is 9.77. The van der Waals surface area contributed by atoms with Gasteiger partial charge in [-0.2, -0.15) is 4.99 Å². The molecule has 766 valence electrons. The number of nitrogens with two attached hydrogens (primary N) is 1. The first-order chi connectivity index (χ1) is 69.7. The summed E-state index contributed by atoms with van der Waals surface area (Å²) in [4.78, 5) is 160. The number of phenolic OH excluding ortho intramolecular Hbond substituents is 4. The second-order valence-electron chi connectivity index (χ2n) is 32.5. The van der Waals surface area contributed by atoms with Crippen LogP contribution in [0.15, 0.2) is 330 Å². The predicted octanol–water partition coefficient (Wildman–Crippen LogP) is 14.3. The number of halogens is 1. The number of fused-ring (bicyclic) bond motifs is 10. The molecule has 3 aromatic heterocycles. The number of rotatable bonds is 41. The van der Waals surface area contributed by atoms with Crippen molar-refractivity contribution in [2.45, 2.75) is 101 Å². The number of carbonyl (C=O) groups is 12. The molecule has 0 saturated carbocycles. The molecule has 145 heavy (non-hydrogen) atoms. The number of hydrogen-bond acceptors (Lipinski definition) is 31. The van der Waals surface area contributed by atoms with E-state index in [1.54, 1.807) is 122 Å². The highest BCUT2D eigenvalue weighted by atomic mass is 127. The maximum Gasteiger partial charge on any atom is 0.407 e. The van der Waals surface area contributed by atoms with Gasteiger partial charge in [-0.1, -0.05) is 115 Å². The number of aromatic hydroxyl groups is 4. The van der Waals surface area contributed by atoms with Crippen LogP contribution in [-0.4, -0.2) is 185 Å². The van der Waals surface area contributed by atoms with E-state index < -0.39 is 95.2 Å². The number of aliphatic imine (C=N–C) groups is 1. The van der Waals surface area contributed by atoms with Gasteiger partial charge in [0, 0.05) is 30.0 Å². The number of hydrogen-bond donors (Lipinski definition) is 11. The fourth-order valence-corrected chi connectivity index (χ4v) is 15.5. The highest BCUT2D eigenvalue weighted by Gasteiger charge is 2.69. The van der Waals surface area contributed by atoms with Crippen molar-refractivity contribution in [2.75, 3.05) is 73.2 Å². The molecule has 39 heteroatoms. The second-order valence-corrected chi connectivity index (χ2v) is 32.5. The fourth-order valence-electron chi connectivity index (χ4n) is 15.5. The van der Waals surface area contributed by atoms with E-state index in [2.05, 4.69) is 50.7 Å². The van der Waals surface area contributed by atoms with Gasteiger partial charge in [-0.25, -0.2) is 48.3 Å². The molecule has 15 rings (SSSR count). The van der Waals surface area contributed by atoms with Crippen LogP contribution in [0.1, 0.15) is 75.1 Å². The van der Waals surface area contributed by atoms with Crippen molar-refractivity contribution < 1.29 is 139 Å². The molecule has 0 aliphatic carbocycles. The Morgan fingerprint density at radius 2 is 0.766 bits per heavy atom. The third-order valence-electron chi connectivity index (χ3n) is 22.6. The standard InChI is InChI=1S/C44H44N4O12.C24H30N2O6.C12H20O2.C10H7NO3.C6H5NO2.C6H7NO.C4H2O3.HI/c1-2-26(9-5-7-23-58-42(56)46-25-44-21-19-32(60-44)34-36(44)40(54)48(38(34)52)28-12-16-30(50)17-13-28)8-4-3-6-22-57-41(55)45-24-43-20-18-31(59-43)33-35(43)39(53)47(37(33)51)27-10-14-29(49)15-11-27;1-2-20(11-5-7-15-32-24(28)26-19-22-13-9-17-30-22)10-4-3-6-14-31-23(27)25-18-21-12-8-16-29-21;1-2-12(9-5-7-11-14)8-4-3-6-10-13;12-8-3-1-7(2-4-8)11-9(13)5-6-10(11)14;8-5-7-4-6-2-1-3-9-6;7-5-1-3-6(8)4-2-5;5-3-1-2-4(6)7-3;/h2-3,5-7,10-21,26,31-36,49-50H,1,4,8-9,22-25H2,(H,45,55)(H,46,56);2-3,5-9,12-13,16-17,20H,1,4,10-11,14-15,18-19H2,(H,25,27)(H,26,28);2-3,5-7,12-14H,1,4,8-11H2;1-6,12H;1-3H,4H2;1-4,8H,7H2;1-2H;1H/b3*6-3+,7-5-;;;;;. The van der Waals surface area contributed by atoms with Crippen LogP contribution < -0.4 is 41.7 Å². The number of esters is 2. The van der Waals surface area contributed by atoms with Crippen molar-refractivity contribution in [2.24, 2.45) is 46.4 Å². The van der Waals surface area contributed by atoms with E-state index in [9.17, 15) is 72.5 Å². The molecule has 4 saturated heterocycles. The molecule has 7 aromatic rings. The number of benzene rings is 4. The van der Waals surface area contributed by atoms with Crippen LogP contribution in [0.25, 0.3) is 0 Å². The summed E-state index contributed by atoms with van der Waals surface area (Å²) in [5.74, 6) is -3.24. The Hall–Kier alpha value is -16.1. The van der Waals surface area contributed by atoms with Crippen LogP contribution in [0.5, 0.6) is 23.0 Å². The molecule has 38 nitrogen and oxygen atoms in total. The van der Waals surface area contributed by atoms with E-state index in [4.69, 9.17) is 67.8 Å². The minimum Gasteiger partial charge on any atom is -0.508 e. The summed E-state index contributed by atoms with van der Waals surface area (Å²) in [6.45, 7) is 13.0. The Morgan fingerprint density at radius 1 is 0.434 bits per heavy atom. The number of nitrogen functional groups attached to an aromatic ring is 1. The van der Waals surface area contributed by atoms with Gasteiger partial charge in [0.2, 0.25) is 29.7 Å². The molecule has 12 N–H and O–H groups in total. The Kier molecular flexibility index (Phi) is 47.5. The number of ether oxygens (including phenoxy) is 7. The molecule has 8 aliphatic heterocycles. The number of allylic oxidation sites excluding steroid dienone is 9. The Bertz CT molecular complexity index is 5770. The number of phenols is 4. The predicted molar refractivity (Wildman–Crippen MR) is 541 cm³/mol. The van der Waals surface area contributed by atoms with E-state index in [1.807, 2.05) is 66.8 Å². The number of isocyanates is 1. The van der Waals surface area contributed by atoms with Crippen molar-refractivity contribution in [1.82, 2.24) is 21.3 Å². The zero-order chi connectivity index (χ0) is 104. The number of aliphatic hydroxyl groups excluding tert-OH is 2. The average molecular weight is 2110 g/mol. The summed E-state index contributed by atoms with van der Waals surface area (Å²) in [6.07, 6.45) is 49.6. The first-order valence-corrected chi connectivity index (χ1v) is 45.8. The molecular weight excluding hydrogens is 1990 g/mol. The average Bonchev–Trinajstić information content (AvgIpc) is 1.54. The summed E-state index contributed by atoms with van der Waals surface area (Å²) in [7, 11) is 0. The minimum atomic E-state index is -1.18. The van der Waals surface area contributed by atoms with Gasteiger partial charge in [0.1, 0.15) is 84.5 Å². The second kappa shape index (κ2) is 60.3. The summed E-state index contributed by atoms with van der Waals surface area (Å²) in [5.41, 5.74) is 4.80. The molecule has 0 radical (unpaired) electrons. The summed E-state index contributed by atoms with van der Waals surface area (Å²) in [5, 5.41) is 64.6. The van der Waals surface area contributed by atoms with Crippen molar-refractivity contribution in [3.63, 3.8) is 0 Å². The minimum absolute atomic E-state index is 0. The third-order valence-corrected chi connectivity index (χ3v) is 22.6. The van der Waals surface area contributed by atoms with Gasteiger partial charge in [0.05, 0.1) is 111 Å². The number of anilines is 4. The monoisotopic (exact) mass is 2110 g/mol. The molecular formula is C106H116IN9O29. The summed E-state index contributed by atoms with van der Waals surface area (Å²) in [6, 6.07) is 34.5. The van der Waals surface area contributed by atoms with E-state index in [0.29, 0.717) is 77.8 Å². The van der Waals surface area contributed by atoms with Gasteiger partial charge in [0.15, 0.2) is 0 Å². The molecule has 11 atom stereocenters. The van der Waals surface area contributed by atoms with Crippen LogP contribution in [0.4, 0.5) is 41.9 Å². The first-order valence-electron chi connectivity index (χ1n) is 45.8. The summed E-state index contributed by atoms with van der Waals surface area (Å²) < 4.78 is 51.9. The lowest BCUT2D eigenvalue weighted by molar-refractivity contribution is -0.150. The number of cyclic esters (lactones) is 2. The van der Waals surface area contributed by atoms with Gasteiger partial charge < -0.3 is 104 Å². The number of nitrogens with zero attached hydrogens (tertiary/aromatic N) is 4. The van der Waals surface area contributed by atoms with Crippen LogP contribution >= 0.6 is 24.0 Å². The van der Waals surface area contributed by atoms with Gasteiger partial charge in [0.25, 0.3) is 11.8 Å². The first kappa shape index (κ1) is 114. The van der Waals surface area contributed by atoms with Crippen LogP contribution in [0.2, 0.25) is 0 Å².